The maximum Gasteiger partial charge on any atom is 0.387 e. The minimum Gasteiger partial charge on any atom is -0.434 e. The summed E-state index contributed by atoms with van der Waals surface area (Å²) in [5, 5.41) is 8.90. The van der Waals surface area contributed by atoms with E-state index in [1.165, 1.54) is 6.07 Å². The summed E-state index contributed by atoms with van der Waals surface area (Å²) in [7, 11) is 0. The number of rotatable bonds is 4. The number of aliphatic hydroxyl groups is 1. The molecule has 1 N–H and O–H groups in total. The Hall–Kier alpha value is -1.42. The summed E-state index contributed by atoms with van der Waals surface area (Å²) in [5.74, 6) is 0.0367. The number of halogens is 2. The third kappa shape index (κ3) is 3.02. The molecule has 0 radical (unpaired) electrons. The normalized spacial score (nSPS) is 10.5. The van der Waals surface area contributed by atoms with Gasteiger partial charge < -0.3 is 9.84 Å². The SMILES string of the molecule is C=C(CO)c1cc(C)ccc1OC(F)F. The van der Waals surface area contributed by atoms with Gasteiger partial charge in [-0.3, -0.25) is 0 Å². The lowest BCUT2D eigenvalue weighted by Gasteiger charge is -2.12. The molecule has 4 heteroatoms. The average Bonchev–Trinajstić information content (AvgIpc) is 2.19. The number of benzene rings is 1. The van der Waals surface area contributed by atoms with E-state index in [0.717, 1.165) is 5.56 Å². The van der Waals surface area contributed by atoms with E-state index in [2.05, 4.69) is 11.3 Å². The molecular weight excluding hydrogens is 202 g/mol. The van der Waals surface area contributed by atoms with Gasteiger partial charge in [-0.2, -0.15) is 8.78 Å². The minimum atomic E-state index is -2.88. The third-order valence-electron chi connectivity index (χ3n) is 1.92. The van der Waals surface area contributed by atoms with Gasteiger partial charge in [0.15, 0.2) is 0 Å². The zero-order valence-corrected chi connectivity index (χ0v) is 8.34. The van der Waals surface area contributed by atoms with Crippen molar-refractivity contribution in [1.82, 2.24) is 0 Å². The van der Waals surface area contributed by atoms with Gasteiger partial charge in [0, 0.05) is 5.56 Å². The fourth-order valence-electron chi connectivity index (χ4n) is 1.20. The molecule has 0 saturated heterocycles. The van der Waals surface area contributed by atoms with E-state index in [0.29, 0.717) is 11.1 Å². The first-order chi connectivity index (χ1) is 7.04. The molecule has 2 nitrogen and oxygen atoms in total. The van der Waals surface area contributed by atoms with Crippen LogP contribution in [-0.2, 0) is 0 Å². The highest BCUT2D eigenvalue weighted by molar-refractivity contribution is 5.69. The Morgan fingerprint density at radius 2 is 2.20 bits per heavy atom. The van der Waals surface area contributed by atoms with Gasteiger partial charge in [0.25, 0.3) is 0 Å². The second-order valence-electron chi connectivity index (χ2n) is 3.14. The summed E-state index contributed by atoms with van der Waals surface area (Å²) in [5.41, 5.74) is 1.66. The summed E-state index contributed by atoms with van der Waals surface area (Å²) in [4.78, 5) is 0. The van der Waals surface area contributed by atoms with E-state index in [4.69, 9.17) is 5.11 Å². The Bertz CT molecular complexity index is 362. The van der Waals surface area contributed by atoms with Crippen molar-refractivity contribution in [1.29, 1.82) is 0 Å². The van der Waals surface area contributed by atoms with Crippen LogP contribution >= 0.6 is 0 Å². The van der Waals surface area contributed by atoms with Crippen molar-refractivity contribution < 1.29 is 18.6 Å². The molecule has 15 heavy (non-hydrogen) atoms. The van der Waals surface area contributed by atoms with Crippen molar-refractivity contribution in [3.8, 4) is 5.75 Å². The number of alkyl halides is 2. The molecule has 82 valence electrons. The van der Waals surface area contributed by atoms with Gasteiger partial charge in [0.1, 0.15) is 5.75 Å². The first kappa shape index (κ1) is 11.7. The van der Waals surface area contributed by atoms with E-state index in [-0.39, 0.29) is 12.4 Å². The van der Waals surface area contributed by atoms with Crippen molar-refractivity contribution in [2.24, 2.45) is 0 Å². The zero-order valence-electron chi connectivity index (χ0n) is 8.34. The molecule has 0 unspecified atom stereocenters. The van der Waals surface area contributed by atoms with Gasteiger partial charge in [0.2, 0.25) is 0 Å². The van der Waals surface area contributed by atoms with E-state index in [9.17, 15) is 8.78 Å². The first-order valence-corrected chi connectivity index (χ1v) is 4.39. The summed E-state index contributed by atoms with van der Waals surface area (Å²) in [6.07, 6.45) is 0. The molecule has 0 heterocycles. The summed E-state index contributed by atoms with van der Waals surface area (Å²) in [6.45, 7) is 2.23. The quantitative estimate of drug-likeness (QED) is 0.834. The highest BCUT2D eigenvalue weighted by atomic mass is 19.3. The topological polar surface area (TPSA) is 29.5 Å². The van der Waals surface area contributed by atoms with Crippen molar-refractivity contribution in [3.63, 3.8) is 0 Å². The molecular formula is C11H12F2O2. The van der Waals surface area contributed by atoms with Crippen LogP contribution in [0.5, 0.6) is 5.75 Å². The average molecular weight is 214 g/mol. The molecule has 0 bridgehead atoms. The summed E-state index contributed by atoms with van der Waals surface area (Å²) < 4.78 is 28.4. The lowest BCUT2D eigenvalue weighted by molar-refractivity contribution is -0.0500. The Kier molecular flexibility index (Phi) is 3.80. The molecule has 0 aliphatic heterocycles. The predicted octanol–water partition coefficient (Wildman–Crippen LogP) is 2.60. The molecule has 0 aromatic heterocycles. The van der Waals surface area contributed by atoms with Gasteiger partial charge in [-0.25, -0.2) is 0 Å². The fourth-order valence-corrected chi connectivity index (χ4v) is 1.20. The van der Waals surface area contributed by atoms with E-state index in [1.54, 1.807) is 12.1 Å². The maximum absolute atomic E-state index is 12.1. The highest BCUT2D eigenvalue weighted by Gasteiger charge is 2.11. The number of ether oxygens (including phenoxy) is 1. The molecule has 0 atom stereocenters. The van der Waals surface area contributed by atoms with E-state index in [1.807, 2.05) is 6.92 Å². The lowest BCUT2D eigenvalue weighted by atomic mass is 10.0. The summed E-state index contributed by atoms with van der Waals surface area (Å²) in [6, 6.07) is 4.75. The first-order valence-electron chi connectivity index (χ1n) is 4.39. The largest absolute Gasteiger partial charge is 0.434 e. The summed E-state index contributed by atoms with van der Waals surface area (Å²) >= 11 is 0. The van der Waals surface area contributed by atoms with E-state index < -0.39 is 6.61 Å². The van der Waals surface area contributed by atoms with Crippen molar-refractivity contribution in [2.75, 3.05) is 6.61 Å². The Morgan fingerprint density at radius 3 is 2.73 bits per heavy atom. The van der Waals surface area contributed by atoms with Gasteiger partial charge in [-0.05, 0) is 24.6 Å². The predicted molar refractivity (Wildman–Crippen MR) is 53.9 cm³/mol. The van der Waals surface area contributed by atoms with Crippen LogP contribution in [0.15, 0.2) is 24.8 Å². The Labute approximate surface area is 86.8 Å². The molecule has 0 saturated carbocycles. The van der Waals surface area contributed by atoms with Gasteiger partial charge in [-0.15, -0.1) is 0 Å². The van der Waals surface area contributed by atoms with Crippen LogP contribution < -0.4 is 4.74 Å². The van der Waals surface area contributed by atoms with Crippen LogP contribution in [0.2, 0.25) is 0 Å². The second kappa shape index (κ2) is 4.89. The number of aryl methyl sites for hydroxylation is 1. The number of aliphatic hydroxyl groups excluding tert-OH is 1. The number of hydrogen-bond acceptors (Lipinski definition) is 2. The molecule has 0 fully saturated rings. The minimum absolute atomic E-state index is 0.0367. The van der Waals surface area contributed by atoms with Crippen LogP contribution in [0.25, 0.3) is 5.57 Å². The fraction of sp³-hybridized carbons (Fsp3) is 0.273. The zero-order chi connectivity index (χ0) is 11.4. The Morgan fingerprint density at radius 1 is 1.53 bits per heavy atom. The Balaban J connectivity index is 3.08. The van der Waals surface area contributed by atoms with Crippen LogP contribution in [0.3, 0.4) is 0 Å². The third-order valence-corrected chi connectivity index (χ3v) is 1.92. The van der Waals surface area contributed by atoms with Crippen LogP contribution in [0.4, 0.5) is 8.78 Å². The van der Waals surface area contributed by atoms with Crippen molar-refractivity contribution in [2.45, 2.75) is 13.5 Å². The molecule has 1 rings (SSSR count). The standard InChI is InChI=1S/C11H12F2O2/c1-7-3-4-10(15-11(12)13)9(5-7)8(2)6-14/h3-5,11,14H,2,6H2,1H3. The molecule has 0 spiro atoms. The van der Waals surface area contributed by atoms with Gasteiger partial charge >= 0.3 is 6.61 Å². The van der Waals surface area contributed by atoms with E-state index >= 15 is 0 Å². The highest BCUT2D eigenvalue weighted by Crippen LogP contribution is 2.27. The maximum atomic E-state index is 12.1. The molecule has 0 amide bonds. The molecule has 1 aromatic carbocycles. The van der Waals surface area contributed by atoms with Crippen LogP contribution in [-0.4, -0.2) is 18.3 Å². The number of hydrogen-bond donors (Lipinski definition) is 1. The van der Waals surface area contributed by atoms with Crippen LogP contribution in [0, 0.1) is 6.92 Å². The van der Waals surface area contributed by atoms with Crippen LogP contribution in [0.1, 0.15) is 11.1 Å². The van der Waals surface area contributed by atoms with Crippen molar-refractivity contribution in [3.05, 3.63) is 35.9 Å². The second-order valence-corrected chi connectivity index (χ2v) is 3.14. The van der Waals surface area contributed by atoms with Crippen molar-refractivity contribution >= 4 is 5.57 Å². The smallest absolute Gasteiger partial charge is 0.387 e. The molecule has 0 aliphatic carbocycles. The van der Waals surface area contributed by atoms with Gasteiger partial charge in [-0.1, -0.05) is 18.2 Å². The monoisotopic (exact) mass is 214 g/mol. The molecule has 1 aromatic rings. The lowest BCUT2D eigenvalue weighted by Crippen LogP contribution is -2.05. The van der Waals surface area contributed by atoms with Gasteiger partial charge in [0.05, 0.1) is 6.61 Å². The molecule has 0 aliphatic rings.